The number of nitrogens with zero attached hydrogens (tertiary/aromatic N) is 2. The Morgan fingerprint density at radius 1 is 1.28 bits per heavy atom. The summed E-state index contributed by atoms with van der Waals surface area (Å²) in [4.78, 5) is 8.53. The molecule has 1 heterocycles. The monoisotopic (exact) mass is 263 g/mol. The van der Waals surface area contributed by atoms with E-state index in [-0.39, 0.29) is 0 Å². The molecule has 0 saturated heterocycles. The first-order valence-corrected chi connectivity index (χ1v) is 6.04. The van der Waals surface area contributed by atoms with Crippen LogP contribution in [0.25, 0.3) is 11.3 Å². The first kappa shape index (κ1) is 12.8. The fourth-order valence-electron chi connectivity index (χ4n) is 1.58. The molecule has 0 spiro atoms. The highest BCUT2D eigenvalue weighted by Crippen LogP contribution is 2.26. The van der Waals surface area contributed by atoms with Gasteiger partial charge in [0.05, 0.1) is 5.69 Å². The summed E-state index contributed by atoms with van der Waals surface area (Å²) in [6.07, 6.45) is 0. The van der Waals surface area contributed by atoms with Crippen molar-refractivity contribution in [2.45, 2.75) is 13.5 Å². The summed E-state index contributed by atoms with van der Waals surface area (Å²) in [5, 5.41) is 0.637. The number of aromatic nitrogens is 2. The fourth-order valence-corrected chi connectivity index (χ4v) is 1.82. The molecule has 2 aromatic rings. The summed E-state index contributed by atoms with van der Waals surface area (Å²) < 4.78 is 5.28. The van der Waals surface area contributed by atoms with Crippen molar-refractivity contribution in [1.82, 2.24) is 9.97 Å². The van der Waals surface area contributed by atoms with Crippen molar-refractivity contribution in [2.24, 2.45) is 0 Å². The second-order valence-electron chi connectivity index (χ2n) is 3.71. The minimum absolute atomic E-state index is 0.346. The number of hydrogen-bond acceptors (Lipinski definition) is 4. The summed E-state index contributed by atoms with van der Waals surface area (Å²) in [5.41, 5.74) is 7.32. The molecule has 0 aliphatic rings. The van der Waals surface area contributed by atoms with E-state index in [1.54, 1.807) is 6.07 Å². The highest BCUT2D eigenvalue weighted by atomic mass is 35.5. The zero-order chi connectivity index (χ0) is 13.0. The third-order valence-corrected chi connectivity index (χ3v) is 2.71. The van der Waals surface area contributed by atoms with E-state index >= 15 is 0 Å². The highest BCUT2D eigenvalue weighted by molar-refractivity contribution is 6.33. The van der Waals surface area contributed by atoms with Crippen molar-refractivity contribution < 1.29 is 4.74 Å². The summed E-state index contributed by atoms with van der Waals surface area (Å²) in [5.74, 6) is 0.974. The molecule has 0 radical (unpaired) electrons. The van der Waals surface area contributed by atoms with Crippen LogP contribution < -0.4 is 5.73 Å². The van der Waals surface area contributed by atoms with Crippen LogP contribution in [0.3, 0.4) is 0 Å². The summed E-state index contributed by atoms with van der Waals surface area (Å²) in [6, 6.07) is 9.20. The van der Waals surface area contributed by atoms with Crippen LogP contribution in [0.2, 0.25) is 5.02 Å². The van der Waals surface area contributed by atoms with E-state index in [2.05, 4.69) is 9.97 Å². The zero-order valence-electron chi connectivity index (χ0n) is 10.1. The van der Waals surface area contributed by atoms with Gasteiger partial charge in [-0.1, -0.05) is 29.8 Å². The lowest BCUT2D eigenvalue weighted by atomic mass is 10.1. The van der Waals surface area contributed by atoms with Crippen LogP contribution in [0.5, 0.6) is 0 Å². The van der Waals surface area contributed by atoms with Gasteiger partial charge in [0.25, 0.3) is 0 Å². The van der Waals surface area contributed by atoms with E-state index in [9.17, 15) is 0 Å². The number of hydrogen-bond donors (Lipinski definition) is 1. The maximum atomic E-state index is 6.14. The van der Waals surface area contributed by atoms with E-state index in [0.29, 0.717) is 35.6 Å². The lowest BCUT2D eigenvalue weighted by molar-refractivity contribution is 0.128. The number of nitrogen functional groups attached to an aromatic ring is 1. The van der Waals surface area contributed by atoms with Crippen LogP contribution in [0.4, 0.5) is 5.82 Å². The topological polar surface area (TPSA) is 61.0 Å². The Morgan fingerprint density at radius 2 is 2.06 bits per heavy atom. The van der Waals surface area contributed by atoms with Gasteiger partial charge in [-0.15, -0.1) is 0 Å². The molecule has 0 aliphatic carbocycles. The molecule has 2 N–H and O–H groups in total. The maximum absolute atomic E-state index is 6.14. The normalized spacial score (nSPS) is 10.6. The second-order valence-corrected chi connectivity index (χ2v) is 4.12. The predicted octanol–water partition coefficient (Wildman–Crippen LogP) is 2.92. The summed E-state index contributed by atoms with van der Waals surface area (Å²) >= 11 is 6.14. The first-order valence-electron chi connectivity index (χ1n) is 5.66. The number of nitrogens with two attached hydrogens (primary N) is 1. The van der Waals surface area contributed by atoms with Gasteiger partial charge in [-0.25, -0.2) is 9.97 Å². The Kier molecular flexibility index (Phi) is 4.12. The van der Waals surface area contributed by atoms with E-state index in [1.165, 1.54) is 0 Å². The smallest absolute Gasteiger partial charge is 0.157 e. The van der Waals surface area contributed by atoms with Gasteiger partial charge in [0.15, 0.2) is 5.82 Å². The minimum Gasteiger partial charge on any atom is -0.384 e. The van der Waals surface area contributed by atoms with Gasteiger partial charge in [-0.3, -0.25) is 0 Å². The van der Waals surface area contributed by atoms with E-state index in [0.717, 1.165) is 5.56 Å². The van der Waals surface area contributed by atoms with Crippen LogP contribution in [0.1, 0.15) is 12.7 Å². The Bertz CT molecular complexity index is 546. The molecule has 94 valence electrons. The average Bonchev–Trinajstić information content (AvgIpc) is 2.36. The maximum Gasteiger partial charge on any atom is 0.157 e. The molecule has 0 unspecified atom stereocenters. The average molecular weight is 264 g/mol. The largest absolute Gasteiger partial charge is 0.384 e. The molecule has 1 aromatic heterocycles. The summed E-state index contributed by atoms with van der Waals surface area (Å²) in [7, 11) is 0. The lowest BCUT2D eigenvalue weighted by Crippen LogP contribution is -2.03. The molecule has 0 fully saturated rings. The third-order valence-electron chi connectivity index (χ3n) is 2.38. The van der Waals surface area contributed by atoms with Crippen LogP contribution >= 0.6 is 11.6 Å². The minimum atomic E-state index is 0.346. The SMILES string of the molecule is CCOCc1nc(N)cc(-c2ccccc2Cl)n1. The predicted molar refractivity (Wildman–Crippen MR) is 72.2 cm³/mol. The van der Waals surface area contributed by atoms with E-state index < -0.39 is 0 Å². The molecular weight excluding hydrogens is 250 g/mol. The molecule has 0 atom stereocenters. The Hall–Kier alpha value is -1.65. The van der Waals surface area contributed by atoms with Gasteiger partial charge in [0, 0.05) is 23.3 Å². The molecule has 5 heteroatoms. The summed E-state index contributed by atoms with van der Waals surface area (Å²) in [6.45, 7) is 2.87. The molecule has 18 heavy (non-hydrogen) atoms. The molecule has 2 rings (SSSR count). The zero-order valence-corrected chi connectivity index (χ0v) is 10.8. The Balaban J connectivity index is 2.39. The molecule has 1 aromatic carbocycles. The molecule has 4 nitrogen and oxygen atoms in total. The number of rotatable bonds is 4. The lowest BCUT2D eigenvalue weighted by Gasteiger charge is -2.07. The van der Waals surface area contributed by atoms with Crippen LogP contribution in [-0.2, 0) is 11.3 Å². The van der Waals surface area contributed by atoms with Crippen molar-refractivity contribution in [3.8, 4) is 11.3 Å². The van der Waals surface area contributed by atoms with Crippen molar-refractivity contribution in [1.29, 1.82) is 0 Å². The number of halogens is 1. The number of benzene rings is 1. The van der Waals surface area contributed by atoms with Gasteiger partial charge in [-0.05, 0) is 13.0 Å². The van der Waals surface area contributed by atoms with Crippen LogP contribution in [-0.4, -0.2) is 16.6 Å². The van der Waals surface area contributed by atoms with Crippen molar-refractivity contribution in [3.05, 3.63) is 41.2 Å². The van der Waals surface area contributed by atoms with Gasteiger partial charge >= 0.3 is 0 Å². The third kappa shape index (κ3) is 2.97. The first-order chi connectivity index (χ1) is 8.70. The molecule has 0 saturated carbocycles. The number of ether oxygens (including phenoxy) is 1. The number of anilines is 1. The second kappa shape index (κ2) is 5.80. The van der Waals surface area contributed by atoms with Crippen LogP contribution in [0.15, 0.2) is 30.3 Å². The Labute approximate surface area is 111 Å². The standard InChI is InChI=1S/C13H14ClN3O/c1-2-18-8-13-16-11(7-12(15)17-13)9-5-3-4-6-10(9)14/h3-7H,2,8H2,1H3,(H2,15,16,17). The molecular formula is C13H14ClN3O. The molecule has 0 bridgehead atoms. The highest BCUT2D eigenvalue weighted by Gasteiger charge is 2.08. The van der Waals surface area contributed by atoms with Crippen molar-refractivity contribution in [3.63, 3.8) is 0 Å². The quantitative estimate of drug-likeness (QED) is 0.921. The van der Waals surface area contributed by atoms with Gasteiger partial charge < -0.3 is 10.5 Å². The van der Waals surface area contributed by atoms with E-state index in [1.807, 2.05) is 31.2 Å². The molecule has 0 aliphatic heterocycles. The van der Waals surface area contributed by atoms with Crippen molar-refractivity contribution >= 4 is 17.4 Å². The van der Waals surface area contributed by atoms with E-state index in [4.69, 9.17) is 22.1 Å². The fraction of sp³-hybridized carbons (Fsp3) is 0.231. The van der Waals surface area contributed by atoms with Crippen LogP contribution in [0, 0.1) is 0 Å². The van der Waals surface area contributed by atoms with Gasteiger partial charge in [0.1, 0.15) is 12.4 Å². The van der Waals surface area contributed by atoms with Gasteiger partial charge in [-0.2, -0.15) is 0 Å². The Morgan fingerprint density at radius 3 is 2.78 bits per heavy atom. The van der Waals surface area contributed by atoms with Gasteiger partial charge in [0.2, 0.25) is 0 Å². The molecule has 0 amide bonds. The van der Waals surface area contributed by atoms with Crippen molar-refractivity contribution in [2.75, 3.05) is 12.3 Å².